The summed E-state index contributed by atoms with van der Waals surface area (Å²) in [5.41, 5.74) is 0.834. The third-order valence-electron chi connectivity index (χ3n) is 4.41. The first-order chi connectivity index (χ1) is 11.5. The number of aliphatic hydroxyl groups excluding tert-OH is 1. The number of anilines is 1. The van der Waals surface area contributed by atoms with Gasteiger partial charge in [-0.05, 0) is 39.2 Å². The van der Waals surface area contributed by atoms with Crippen LogP contribution in [0.3, 0.4) is 0 Å². The first-order valence-electron chi connectivity index (χ1n) is 8.40. The lowest BCUT2D eigenvalue weighted by molar-refractivity contribution is 0.0531. The topological polar surface area (TPSA) is 84.3 Å². The molecule has 0 bridgehead atoms. The monoisotopic (exact) mass is 349 g/mol. The first-order valence-corrected chi connectivity index (χ1v) is 9.22. The number of aliphatic hydroxyl groups is 1. The molecule has 2 N–H and O–H groups in total. The van der Waals surface area contributed by atoms with Gasteiger partial charge in [0.25, 0.3) is 0 Å². The lowest BCUT2D eigenvalue weighted by Crippen LogP contribution is -2.36. The Morgan fingerprint density at radius 1 is 1.33 bits per heavy atom. The Labute approximate surface area is 145 Å². The molecule has 0 unspecified atom stereocenters. The predicted octanol–water partition coefficient (Wildman–Crippen LogP) is 3.20. The predicted molar refractivity (Wildman–Crippen MR) is 94.7 cm³/mol. The standard InChI is InChI=1S/C17H23N3O3S/c1-4-23-17(22)14-9(2)13-15(18-10(3)19-16(13)24-14)20-11-7-5-6-8-12(11)21/h11-12,21H,4-8H2,1-3H3,(H,18,19,20)/t11-,12+/m1/s1. The van der Waals surface area contributed by atoms with Gasteiger partial charge in [-0.1, -0.05) is 12.8 Å². The number of ether oxygens (including phenoxy) is 1. The van der Waals surface area contributed by atoms with Gasteiger partial charge in [0.15, 0.2) is 0 Å². The molecule has 2 aromatic heterocycles. The Hall–Kier alpha value is -1.73. The number of nitrogens with one attached hydrogen (secondary N) is 1. The van der Waals surface area contributed by atoms with E-state index in [4.69, 9.17) is 4.74 Å². The zero-order valence-electron chi connectivity index (χ0n) is 14.3. The molecule has 130 valence electrons. The van der Waals surface area contributed by atoms with Crippen LogP contribution in [0, 0.1) is 13.8 Å². The van der Waals surface area contributed by atoms with E-state index in [-0.39, 0.29) is 18.1 Å². The summed E-state index contributed by atoms with van der Waals surface area (Å²) < 4.78 is 5.14. The highest BCUT2D eigenvalue weighted by molar-refractivity contribution is 7.20. The van der Waals surface area contributed by atoms with E-state index in [1.54, 1.807) is 6.92 Å². The summed E-state index contributed by atoms with van der Waals surface area (Å²) in [5.74, 6) is 1.03. The van der Waals surface area contributed by atoms with E-state index in [9.17, 15) is 9.90 Å². The van der Waals surface area contributed by atoms with Crippen molar-refractivity contribution in [3.8, 4) is 0 Å². The average Bonchev–Trinajstić information content (AvgIpc) is 2.86. The molecule has 6 nitrogen and oxygen atoms in total. The molecule has 3 rings (SSSR count). The Morgan fingerprint density at radius 3 is 2.79 bits per heavy atom. The average molecular weight is 349 g/mol. The molecule has 1 saturated carbocycles. The third-order valence-corrected chi connectivity index (χ3v) is 5.58. The summed E-state index contributed by atoms with van der Waals surface area (Å²) in [5, 5.41) is 14.5. The number of carbonyl (C=O) groups excluding carboxylic acids is 1. The molecule has 0 spiro atoms. The lowest BCUT2D eigenvalue weighted by atomic mass is 9.92. The number of hydrogen-bond acceptors (Lipinski definition) is 7. The van der Waals surface area contributed by atoms with E-state index >= 15 is 0 Å². The fraction of sp³-hybridized carbons (Fsp3) is 0.588. The van der Waals surface area contributed by atoms with Gasteiger partial charge in [0, 0.05) is 0 Å². The Bertz CT molecular complexity index is 759. The van der Waals surface area contributed by atoms with Gasteiger partial charge >= 0.3 is 5.97 Å². The molecule has 2 atom stereocenters. The zero-order chi connectivity index (χ0) is 17.3. The number of fused-ring (bicyclic) bond motifs is 1. The highest BCUT2D eigenvalue weighted by Crippen LogP contribution is 2.35. The van der Waals surface area contributed by atoms with Crippen molar-refractivity contribution in [1.82, 2.24) is 9.97 Å². The van der Waals surface area contributed by atoms with Crippen LogP contribution >= 0.6 is 11.3 Å². The molecule has 0 saturated heterocycles. The van der Waals surface area contributed by atoms with Crippen LogP contribution < -0.4 is 5.32 Å². The molecule has 24 heavy (non-hydrogen) atoms. The molecule has 0 aliphatic heterocycles. The molecule has 0 amide bonds. The number of aryl methyl sites for hydroxylation is 2. The molecule has 0 radical (unpaired) electrons. The van der Waals surface area contributed by atoms with Crippen molar-refractivity contribution in [2.45, 2.75) is 58.6 Å². The normalized spacial score (nSPS) is 21.0. The van der Waals surface area contributed by atoms with Gasteiger partial charge in [-0.3, -0.25) is 0 Å². The first kappa shape index (κ1) is 17.1. The van der Waals surface area contributed by atoms with Crippen molar-refractivity contribution in [2.75, 3.05) is 11.9 Å². The molecule has 1 fully saturated rings. The van der Waals surface area contributed by atoms with Gasteiger partial charge < -0.3 is 15.2 Å². The molecule has 2 aromatic rings. The number of hydrogen-bond donors (Lipinski definition) is 2. The Morgan fingerprint density at radius 2 is 2.08 bits per heavy atom. The largest absolute Gasteiger partial charge is 0.462 e. The van der Waals surface area contributed by atoms with Crippen LogP contribution in [-0.2, 0) is 4.74 Å². The van der Waals surface area contributed by atoms with E-state index in [1.165, 1.54) is 11.3 Å². The van der Waals surface area contributed by atoms with Crippen LogP contribution in [0.25, 0.3) is 10.2 Å². The fourth-order valence-electron chi connectivity index (χ4n) is 3.20. The quantitative estimate of drug-likeness (QED) is 0.825. The van der Waals surface area contributed by atoms with Crippen molar-refractivity contribution in [1.29, 1.82) is 0 Å². The van der Waals surface area contributed by atoms with Gasteiger partial charge in [-0.2, -0.15) is 0 Å². The molecule has 0 aromatic carbocycles. The molecule has 7 heteroatoms. The Balaban J connectivity index is 2.02. The number of aromatic nitrogens is 2. The second-order valence-corrected chi connectivity index (χ2v) is 7.18. The maximum Gasteiger partial charge on any atom is 0.348 e. The van der Waals surface area contributed by atoms with Crippen molar-refractivity contribution >= 4 is 33.3 Å². The summed E-state index contributed by atoms with van der Waals surface area (Å²) in [4.78, 5) is 22.5. The van der Waals surface area contributed by atoms with E-state index in [2.05, 4.69) is 15.3 Å². The number of thiophene rings is 1. The molecule has 1 aliphatic rings. The highest BCUT2D eigenvalue weighted by atomic mass is 32.1. The summed E-state index contributed by atoms with van der Waals surface area (Å²) in [6.07, 6.45) is 3.51. The van der Waals surface area contributed by atoms with Crippen molar-refractivity contribution < 1.29 is 14.6 Å². The maximum absolute atomic E-state index is 12.2. The van der Waals surface area contributed by atoms with Crippen molar-refractivity contribution in [3.63, 3.8) is 0 Å². The van der Waals surface area contributed by atoms with Crippen LogP contribution in [0.15, 0.2) is 0 Å². The summed E-state index contributed by atoms with van der Waals surface area (Å²) in [6.45, 7) is 5.87. The molecular weight excluding hydrogens is 326 g/mol. The minimum absolute atomic E-state index is 0.0124. The van der Waals surface area contributed by atoms with Crippen LogP contribution in [0.4, 0.5) is 5.82 Å². The zero-order valence-corrected chi connectivity index (χ0v) is 15.1. The van der Waals surface area contributed by atoms with Gasteiger partial charge in [-0.25, -0.2) is 14.8 Å². The van der Waals surface area contributed by atoms with Gasteiger partial charge in [0.2, 0.25) is 0 Å². The minimum atomic E-state index is -0.368. The van der Waals surface area contributed by atoms with Gasteiger partial charge in [0.05, 0.1) is 24.1 Å². The smallest absolute Gasteiger partial charge is 0.348 e. The van der Waals surface area contributed by atoms with Crippen molar-refractivity contribution in [2.24, 2.45) is 0 Å². The summed E-state index contributed by atoms with van der Waals surface area (Å²) in [6, 6.07) is -0.0124. The van der Waals surface area contributed by atoms with E-state index in [1.807, 2.05) is 13.8 Å². The number of nitrogens with zero attached hydrogens (tertiary/aromatic N) is 2. The van der Waals surface area contributed by atoms with Crippen LogP contribution in [0.1, 0.15) is 53.7 Å². The lowest BCUT2D eigenvalue weighted by Gasteiger charge is -2.29. The number of carbonyl (C=O) groups is 1. The SMILES string of the molecule is CCOC(=O)c1sc2nc(C)nc(N[C@@H]3CCCC[C@@H]3O)c2c1C. The third kappa shape index (κ3) is 3.23. The van der Waals surface area contributed by atoms with Gasteiger partial charge in [-0.15, -0.1) is 11.3 Å². The fourth-order valence-corrected chi connectivity index (χ4v) is 4.32. The summed E-state index contributed by atoms with van der Waals surface area (Å²) >= 11 is 1.33. The molecular formula is C17H23N3O3S. The van der Waals surface area contributed by atoms with Crippen LogP contribution in [0.5, 0.6) is 0 Å². The van der Waals surface area contributed by atoms with Crippen molar-refractivity contribution in [3.05, 3.63) is 16.3 Å². The number of esters is 1. The van der Waals surface area contributed by atoms with Crippen LogP contribution in [-0.4, -0.2) is 39.8 Å². The van der Waals surface area contributed by atoms with E-state index in [0.29, 0.717) is 23.1 Å². The molecule has 1 aliphatic carbocycles. The highest BCUT2D eigenvalue weighted by Gasteiger charge is 2.26. The molecule has 2 heterocycles. The maximum atomic E-state index is 12.2. The Kier molecular flexibility index (Phi) is 5.01. The van der Waals surface area contributed by atoms with Gasteiger partial charge in [0.1, 0.15) is 21.3 Å². The van der Waals surface area contributed by atoms with E-state index in [0.717, 1.165) is 41.5 Å². The second kappa shape index (κ2) is 7.03. The second-order valence-electron chi connectivity index (χ2n) is 6.18. The van der Waals surface area contributed by atoms with E-state index < -0.39 is 0 Å². The van der Waals surface area contributed by atoms with Crippen LogP contribution in [0.2, 0.25) is 0 Å². The minimum Gasteiger partial charge on any atom is -0.462 e. The number of rotatable bonds is 4. The summed E-state index contributed by atoms with van der Waals surface area (Å²) in [7, 11) is 0.